The number of rotatable bonds is 4. The van der Waals surface area contributed by atoms with Crippen LogP contribution in [-0.4, -0.2) is 5.91 Å². The third-order valence-corrected chi connectivity index (χ3v) is 3.43. The summed E-state index contributed by atoms with van der Waals surface area (Å²) in [5.74, 6) is 0.0311. The summed E-state index contributed by atoms with van der Waals surface area (Å²) in [4.78, 5) is 12.1. The summed E-state index contributed by atoms with van der Waals surface area (Å²) in [5.41, 5.74) is 9.65. The molecule has 2 aromatic rings. The van der Waals surface area contributed by atoms with Crippen molar-refractivity contribution in [1.82, 2.24) is 5.32 Å². The molecule has 0 spiro atoms. The van der Waals surface area contributed by atoms with E-state index in [1.807, 2.05) is 62.4 Å². The Balaban J connectivity index is 1.98. The number of aryl methyl sites for hydroxylation is 1. The van der Waals surface area contributed by atoms with Gasteiger partial charge in [-0.15, -0.1) is 0 Å². The first-order valence-corrected chi connectivity index (χ1v) is 6.75. The van der Waals surface area contributed by atoms with E-state index in [2.05, 4.69) is 5.32 Å². The number of nitrogens with one attached hydrogen (secondary N) is 1. The van der Waals surface area contributed by atoms with Crippen molar-refractivity contribution < 1.29 is 4.79 Å². The highest BCUT2D eigenvalue weighted by molar-refractivity contribution is 5.79. The molecule has 0 aliphatic heterocycles. The highest BCUT2D eigenvalue weighted by Crippen LogP contribution is 2.15. The number of nitrogen functional groups attached to an aromatic ring is 1. The average molecular weight is 268 g/mol. The molecular formula is C17H20N2O. The summed E-state index contributed by atoms with van der Waals surface area (Å²) in [6.45, 7) is 3.99. The van der Waals surface area contributed by atoms with Gasteiger partial charge in [-0.3, -0.25) is 4.79 Å². The fourth-order valence-corrected chi connectivity index (χ4v) is 2.14. The van der Waals surface area contributed by atoms with E-state index >= 15 is 0 Å². The first-order valence-electron chi connectivity index (χ1n) is 6.75. The lowest BCUT2D eigenvalue weighted by Gasteiger charge is -2.15. The summed E-state index contributed by atoms with van der Waals surface area (Å²) in [6, 6.07) is 15.5. The first kappa shape index (κ1) is 14.1. The summed E-state index contributed by atoms with van der Waals surface area (Å²) < 4.78 is 0. The summed E-state index contributed by atoms with van der Waals surface area (Å²) in [7, 11) is 0. The Morgan fingerprint density at radius 3 is 2.45 bits per heavy atom. The standard InChI is InChI=1S/C17H20N2O/c1-12-5-3-4-6-15(12)11-17(20)19-13(2)14-7-9-16(18)10-8-14/h3-10,13H,11,18H2,1-2H3,(H,19,20). The Bertz CT molecular complexity index is 590. The monoisotopic (exact) mass is 268 g/mol. The molecule has 1 amide bonds. The van der Waals surface area contributed by atoms with Gasteiger partial charge in [-0.1, -0.05) is 36.4 Å². The number of amides is 1. The van der Waals surface area contributed by atoms with Crippen LogP contribution in [0.15, 0.2) is 48.5 Å². The van der Waals surface area contributed by atoms with Gasteiger partial charge >= 0.3 is 0 Å². The molecule has 20 heavy (non-hydrogen) atoms. The number of nitrogens with two attached hydrogens (primary N) is 1. The molecule has 0 fully saturated rings. The van der Waals surface area contributed by atoms with E-state index in [9.17, 15) is 4.79 Å². The molecule has 104 valence electrons. The quantitative estimate of drug-likeness (QED) is 0.837. The van der Waals surface area contributed by atoms with Crippen molar-refractivity contribution in [2.75, 3.05) is 5.73 Å². The average Bonchev–Trinajstić information content (AvgIpc) is 2.42. The van der Waals surface area contributed by atoms with Gasteiger partial charge in [0.2, 0.25) is 5.91 Å². The lowest BCUT2D eigenvalue weighted by Crippen LogP contribution is -2.28. The van der Waals surface area contributed by atoms with Crippen molar-refractivity contribution in [3.05, 3.63) is 65.2 Å². The van der Waals surface area contributed by atoms with Gasteiger partial charge in [0.05, 0.1) is 12.5 Å². The molecular weight excluding hydrogens is 248 g/mol. The fourth-order valence-electron chi connectivity index (χ4n) is 2.14. The molecule has 2 aromatic carbocycles. The predicted molar refractivity (Wildman–Crippen MR) is 82.3 cm³/mol. The van der Waals surface area contributed by atoms with E-state index in [-0.39, 0.29) is 11.9 Å². The molecule has 0 radical (unpaired) electrons. The lowest BCUT2D eigenvalue weighted by molar-refractivity contribution is -0.121. The summed E-state index contributed by atoms with van der Waals surface area (Å²) in [6.07, 6.45) is 0.409. The number of benzene rings is 2. The molecule has 0 aromatic heterocycles. The van der Waals surface area contributed by atoms with E-state index in [0.717, 1.165) is 22.4 Å². The normalized spacial score (nSPS) is 11.9. The Morgan fingerprint density at radius 2 is 1.80 bits per heavy atom. The van der Waals surface area contributed by atoms with Crippen LogP contribution < -0.4 is 11.1 Å². The van der Waals surface area contributed by atoms with Crippen molar-refractivity contribution in [1.29, 1.82) is 0 Å². The Kier molecular flexibility index (Phi) is 4.41. The minimum Gasteiger partial charge on any atom is -0.399 e. The van der Waals surface area contributed by atoms with Crippen LogP contribution >= 0.6 is 0 Å². The van der Waals surface area contributed by atoms with Gasteiger partial charge in [0.15, 0.2) is 0 Å². The van der Waals surface area contributed by atoms with Gasteiger partial charge in [0, 0.05) is 5.69 Å². The number of carbonyl (C=O) groups excluding carboxylic acids is 1. The van der Waals surface area contributed by atoms with Gasteiger partial charge in [-0.25, -0.2) is 0 Å². The van der Waals surface area contributed by atoms with Crippen molar-refractivity contribution in [2.45, 2.75) is 26.3 Å². The van der Waals surface area contributed by atoms with Gasteiger partial charge in [0.25, 0.3) is 0 Å². The second-order valence-corrected chi connectivity index (χ2v) is 5.06. The van der Waals surface area contributed by atoms with Crippen LogP contribution in [0.5, 0.6) is 0 Å². The van der Waals surface area contributed by atoms with Crippen molar-refractivity contribution >= 4 is 11.6 Å². The van der Waals surface area contributed by atoms with Crippen molar-refractivity contribution in [3.8, 4) is 0 Å². The van der Waals surface area contributed by atoms with E-state index in [1.165, 1.54) is 0 Å². The molecule has 3 heteroatoms. The van der Waals surface area contributed by atoms with E-state index < -0.39 is 0 Å². The molecule has 3 nitrogen and oxygen atoms in total. The Labute approximate surface area is 119 Å². The molecule has 0 aliphatic carbocycles. The molecule has 1 atom stereocenters. The van der Waals surface area contributed by atoms with Gasteiger partial charge < -0.3 is 11.1 Å². The Hall–Kier alpha value is -2.29. The largest absolute Gasteiger partial charge is 0.399 e. The van der Waals surface area contributed by atoms with Crippen LogP contribution in [0, 0.1) is 6.92 Å². The number of hydrogen-bond acceptors (Lipinski definition) is 2. The smallest absolute Gasteiger partial charge is 0.224 e. The maximum atomic E-state index is 12.1. The highest BCUT2D eigenvalue weighted by atomic mass is 16.1. The van der Waals surface area contributed by atoms with Crippen LogP contribution in [0.4, 0.5) is 5.69 Å². The second-order valence-electron chi connectivity index (χ2n) is 5.06. The molecule has 0 aliphatic rings. The molecule has 3 N–H and O–H groups in total. The van der Waals surface area contributed by atoms with Crippen molar-refractivity contribution in [2.24, 2.45) is 0 Å². The third kappa shape index (κ3) is 3.60. The fraction of sp³-hybridized carbons (Fsp3) is 0.235. The Morgan fingerprint density at radius 1 is 1.15 bits per heavy atom. The molecule has 0 saturated heterocycles. The van der Waals surface area contributed by atoms with Gasteiger partial charge in [-0.05, 0) is 42.7 Å². The second kappa shape index (κ2) is 6.24. The van der Waals surface area contributed by atoms with Crippen LogP contribution in [0.1, 0.15) is 29.7 Å². The summed E-state index contributed by atoms with van der Waals surface area (Å²) >= 11 is 0. The van der Waals surface area contributed by atoms with E-state index in [0.29, 0.717) is 6.42 Å². The van der Waals surface area contributed by atoms with E-state index in [4.69, 9.17) is 5.73 Å². The lowest BCUT2D eigenvalue weighted by atomic mass is 10.0. The zero-order valence-corrected chi connectivity index (χ0v) is 11.9. The number of carbonyl (C=O) groups is 1. The third-order valence-electron chi connectivity index (χ3n) is 3.43. The topological polar surface area (TPSA) is 55.1 Å². The zero-order chi connectivity index (χ0) is 14.5. The predicted octanol–water partition coefficient (Wildman–Crippen LogP) is 3.00. The zero-order valence-electron chi connectivity index (χ0n) is 11.9. The minimum atomic E-state index is -0.0212. The summed E-state index contributed by atoms with van der Waals surface area (Å²) in [5, 5.41) is 3.01. The molecule has 0 heterocycles. The number of anilines is 1. The molecule has 0 bridgehead atoms. The maximum Gasteiger partial charge on any atom is 0.224 e. The number of hydrogen-bond donors (Lipinski definition) is 2. The van der Waals surface area contributed by atoms with Gasteiger partial charge in [0.1, 0.15) is 0 Å². The first-order chi connectivity index (χ1) is 9.56. The minimum absolute atomic E-state index is 0.0212. The SMILES string of the molecule is Cc1ccccc1CC(=O)NC(C)c1ccc(N)cc1. The van der Waals surface area contributed by atoms with Gasteiger partial charge in [-0.2, -0.15) is 0 Å². The van der Waals surface area contributed by atoms with Crippen LogP contribution in [0.2, 0.25) is 0 Å². The van der Waals surface area contributed by atoms with Crippen LogP contribution in [0.25, 0.3) is 0 Å². The van der Waals surface area contributed by atoms with Crippen LogP contribution in [0.3, 0.4) is 0 Å². The molecule has 1 unspecified atom stereocenters. The maximum absolute atomic E-state index is 12.1. The van der Waals surface area contributed by atoms with Crippen molar-refractivity contribution in [3.63, 3.8) is 0 Å². The molecule has 0 saturated carbocycles. The van der Waals surface area contributed by atoms with Crippen LogP contribution in [-0.2, 0) is 11.2 Å². The van der Waals surface area contributed by atoms with E-state index in [1.54, 1.807) is 0 Å². The molecule has 2 rings (SSSR count). The highest BCUT2D eigenvalue weighted by Gasteiger charge is 2.10.